The molecule has 0 aliphatic carbocycles. The van der Waals surface area contributed by atoms with Crippen molar-refractivity contribution < 1.29 is 9.63 Å². The Balaban J connectivity index is 1.53. The highest BCUT2D eigenvalue weighted by atomic mass is 79.9. The van der Waals surface area contributed by atoms with Crippen LogP contribution in [0.4, 0.5) is 4.79 Å². The first kappa shape index (κ1) is 17.5. The number of hydrogen-bond donors (Lipinski definition) is 0. The van der Waals surface area contributed by atoms with Gasteiger partial charge in [0.2, 0.25) is 5.28 Å². The van der Waals surface area contributed by atoms with E-state index in [1.54, 1.807) is 4.90 Å². The number of rotatable bonds is 3. The fourth-order valence-corrected chi connectivity index (χ4v) is 3.32. The number of amides is 1. The van der Waals surface area contributed by atoms with Crippen LogP contribution >= 0.6 is 39.1 Å². The number of benzene rings is 1. The van der Waals surface area contributed by atoms with E-state index in [0.717, 1.165) is 24.4 Å². The maximum atomic E-state index is 12.3. The Labute approximate surface area is 158 Å². The first-order chi connectivity index (χ1) is 11.5. The van der Waals surface area contributed by atoms with Crippen molar-refractivity contribution in [3.05, 3.63) is 50.9 Å². The second-order valence-electron chi connectivity index (χ2n) is 5.36. The van der Waals surface area contributed by atoms with Crippen LogP contribution in [0.15, 0.2) is 34.9 Å². The molecule has 0 atom stereocenters. The smallest absolute Gasteiger partial charge is 0.313 e. The van der Waals surface area contributed by atoms with Crippen LogP contribution in [0.5, 0.6) is 0 Å². The van der Waals surface area contributed by atoms with Gasteiger partial charge >= 0.3 is 6.09 Å². The van der Waals surface area contributed by atoms with Gasteiger partial charge in [-0.3, -0.25) is 4.90 Å². The van der Waals surface area contributed by atoms with Crippen molar-refractivity contribution in [1.29, 1.82) is 0 Å². The summed E-state index contributed by atoms with van der Waals surface area (Å²) in [5.74, 6) is 0. The van der Waals surface area contributed by atoms with Gasteiger partial charge in [0.1, 0.15) is 4.60 Å². The highest BCUT2D eigenvalue weighted by molar-refractivity contribution is 9.10. The van der Waals surface area contributed by atoms with Crippen LogP contribution in [0.3, 0.4) is 0 Å². The minimum Gasteiger partial charge on any atom is -0.313 e. The molecule has 1 aliphatic rings. The van der Waals surface area contributed by atoms with Crippen LogP contribution in [0.1, 0.15) is 5.56 Å². The average molecular weight is 434 g/mol. The molecule has 1 amide bonds. The molecule has 0 bridgehead atoms. The first-order valence-electron chi connectivity index (χ1n) is 7.37. The zero-order chi connectivity index (χ0) is 17.1. The van der Waals surface area contributed by atoms with Gasteiger partial charge in [0.15, 0.2) is 5.15 Å². The number of piperazine rings is 1. The van der Waals surface area contributed by atoms with Crippen LogP contribution in [0.2, 0.25) is 10.4 Å². The van der Waals surface area contributed by atoms with E-state index in [1.807, 2.05) is 18.2 Å². The molecule has 3 rings (SSSR count). The lowest BCUT2D eigenvalue weighted by Crippen LogP contribution is -2.50. The van der Waals surface area contributed by atoms with Gasteiger partial charge in [-0.2, -0.15) is 0 Å². The number of hydrogen-bond acceptors (Lipinski definition) is 4. The standard InChI is InChI=1S/C15H15BrCl2N4O2/c16-12-13(17)22(14(18)19-12)24-15(23)21-8-6-20(7-9-21)10-11-4-2-1-3-5-11/h1-5H,6-10H2. The molecule has 9 heteroatoms. The lowest BCUT2D eigenvalue weighted by molar-refractivity contribution is 0.0680. The summed E-state index contributed by atoms with van der Waals surface area (Å²) in [5, 5.41) is 0.110. The van der Waals surface area contributed by atoms with Crippen molar-refractivity contribution in [2.75, 3.05) is 26.2 Å². The largest absolute Gasteiger partial charge is 0.434 e. The number of carbonyl (C=O) groups excluding carboxylic acids is 1. The maximum Gasteiger partial charge on any atom is 0.434 e. The predicted octanol–water partition coefficient (Wildman–Crippen LogP) is 3.32. The fourth-order valence-electron chi connectivity index (χ4n) is 2.48. The number of halogens is 3. The second kappa shape index (κ2) is 7.74. The van der Waals surface area contributed by atoms with Gasteiger partial charge in [-0.25, -0.2) is 9.78 Å². The highest BCUT2D eigenvalue weighted by Crippen LogP contribution is 2.25. The Morgan fingerprint density at radius 1 is 1.17 bits per heavy atom. The fraction of sp³-hybridized carbons (Fsp3) is 0.333. The quantitative estimate of drug-likeness (QED) is 0.744. The summed E-state index contributed by atoms with van der Waals surface area (Å²) in [6.07, 6.45) is -0.497. The Morgan fingerprint density at radius 3 is 2.42 bits per heavy atom. The summed E-state index contributed by atoms with van der Waals surface area (Å²) in [4.78, 5) is 25.3. The Morgan fingerprint density at radius 2 is 1.83 bits per heavy atom. The highest BCUT2D eigenvalue weighted by Gasteiger charge is 2.25. The third-order valence-electron chi connectivity index (χ3n) is 3.76. The van der Waals surface area contributed by atoms with E-state index in [1.165, 1.54) is 5.56 Å². The van der Waals surface area contributed by atoms with Crippen molar-refractivity contribution in [2.45, 2.75) is 6.54 Å². The Hall–Kier alpha value is -1.28. The van der Waals surface area contributed by atoms with E-state index in [9.17, 15) is 4.79 Å². The Kier molecular flexibility index (Phi) is 5.65. The normalized spacial score (nSPS) is 15.5. The molecule has 1 aromatic carbocycles. The third kappa shape index (κ3) is 4.03. The molecule has 2 aromatic rings. The number of imidazole rings is 1. The van der Waals surface area contributed by atoms with Gasteiger partial charge in [-0.15, -0.1) is 4.73 Å². The molecule has 1 saturated heterocycles. The first-order valence-corrected chi connectivity index (χ1v) is 8.92. The van der Waals surface area contributed by atoms with E-state index >= 15 is 0 Å². The SMILES string of the molecule is O=C(On1c(Cl)nc(Br)c1Cl)N1CCN(Cc2ccccc2)CC1. The third-order valence-corrected chi connectivity index (χ3v) is 5.11. The summed E-state index contributed by atoms with van der Waals surface area (Å²) in [7, 11) is 0. The molecule has 0 saturated carbocycles. The molecule has 0 radical (unpaired) electrons. The van der Waals surface area contributed by atoms with E-state index in [2.05, 4.69) is 37.9 Å². The molecule has 128 valence electrons. The zero-order valence-corrected chi connectivity index (χ0v) is 15.8. The number of aromatic nitrogens is 2. The Bertz CT molecular complexity index is 718. The van der Waals surface area contributed by atoms with Crippen LogP contribution in [0, 0.1) is 0 Å². The molecule has 1 fully saturated rings. The minimum atomic E-state index is -0.497. The van der Waals surface area contributed by atoms with Crippen LogP contribution in [0.25, 0.3) is 0 Å². The van der Waals surface area contributed by atoms with Crippen LogP contribution < -0.4 is 4.84 Å². The van der Waals surface area contributed by atoms with Crippen molar-refractivity contribution >= 4 is 45.2 Å². The van der Waals surface area contributed by atoms with E-state index < -0.39 is 6.09 Å². The molecule has 2 heterocycles. The predicted molar refractivity (Wildman–Crippen MR) is 95.2 cm³/mol. The second-order valence-corrected chi connectivity index (χ2v) is 6.81. The molecule has 0 N–H and O–H groups in total. The van der Waals surface area contributed by atoms with Crippen molar-refractivity contribution in [1.82, 2.24) is 19.5 Å². The summed E-state index contributed by atoms with van der Waals surface area (Å²) in [6, 6.07) is 10.3. The zero-order valence-electron chi connectivity index (χ0n) is 12.7. The molecule has 0 spiro atoms. The summed E-state index contributed by atoms with van der Waals surface area (Å²) in [6.45, 7) is 3.58. The average Bonchev–Trinajstić information content (AvgIpc) is 2.83. The van der Waals surface area contributed by atoms with Gasteiger partial charge in [-0.05, 0) is 33.1 Å². The number of carbonyl (C=O) groups is 1. The van der Waals surface area contributed by atoms with E-state index in [0.29, 0.717) is 17.7 Å². The van der Waals surface area contributed by atoms with Gasteiger partial charge < -0.3 is 9.74 Å². The van der Waals surface area contributed by atoms with Crippen molar-refractivity contribution in [3.63, 3.8) is 0 Å². The van der Waals surface area contributed by atoms with Gasteiger partial charge in [0.25, 0.3) is 0 Å². The van der Waals surface area contributed by atoms with Gasteiger partial charge in [0.05, 0.1) is 0 Å². The van der Waals surface area contributed by atoms with Crippen molar-refractivity contribution in [2.24, 2.45) is 0 Å². The summed E-state index contributed by atoms with van der Waals surface area (Å²) in [5.41, 5.74) is 1.26. The molecular weight excluding hydrogens is 419 g/mol. The molecule has 24 heavy (non-hydrogen) atoms. The lowest BCUT2D eigenvalue weighted by atomic mass is 10.2. The summed E-state index contributed by atoms with van der Waals surface area (Å²) < 4.78 is 1.33. The topological polar surface area (TPSA) is 50.6 Å². The monoisotopic (exact) mass is 432 g/mol. The van der Waals surface area contributed by atoms with Crippen LogP contribution in [-0.2, 0) is 6.54 Å². The number of nitrogens with zero attached hydrogens (tertiary/aromatic N) is 4. The maximum absolute atomic E-state index is 12.3. The van der Waals surface area contributed by atoms with E-state index in [-0.39, 0.29) is 10.4 Å². The van der Waals surface area contributed by atoms with Gasteiger partial charge in [0, 0.05) is 32.7 Å². The molecule has 1 aliphatic heterocycles. The lowest BCUT2D eigenvalue weighted by Gasteiger charge is -2.33. The van der Waals surface area contributed by atoms with Crippen LogP contribution in [-0.4, -0.2) is 51.8 Å². The van der Waals surface area contributed by atoms with Crippen molar-refractivity contribution in [3.8, 4) is 0 Å². The van der Waals surface area contributed by atoms with E-state index in [4.69, 9.17) is 28.0 Å². The van der Waals surface area contributed by atoms with Gasteiger partial charge in [-0.1, -0.05) is 41.9 Å². The molecule has 1 aromatic heterocycles. The summed E-state index contributed by atoms with van der Waals surface area (Å²) >= 11 is 15.0. The molecule has 0 unspecified atom stereocenters. The minimum absolute atomic E-state index is 0.0112. The molecule has 6 nitrogen and oxygen atoms in total. The molecular formula is C15H15BrCl2N4O2.